The molecule has 0 aromatic carbocycles. The van der Waals surface area contributed by atoms with Crippen molar-refractivity contribution in [1.29, 1.82) is 0 Å². The Balaban J connectivity index is 1.65. The number of fused-ring (bicyclic) bond motifs is 5. The van der Waals surface area contributed by atoms with Crippen LogP contribution in [0.25, 0.3) is 0 Å². The molecule has 4 aliphatic rings. The minimum Gasteiger partial charge on any atom is -0.462 e. The molecular formula is C21H29NO4. The van der Waals surface area contributed by atoms with Gasteiger partial charge in [-0.05, 0) is 62.4 Å². The van der Waals surface area contributed by atoms with E-state index >= 15 is 0 Å². The van der Waals surface area contributed by atoms with Crippen LogP contribution in [-0.4, -0.2) is 29.3 Å². The van der Waals surface area contributed by atoms with E-state index in [0.29, 0.717) is 18.8 Å². The van der Waals surface area contributed by atoms with Crippen molar-refractivity contribution in [2.45, 2.75) is 77.4 Å². The SMILES string of the molecule is CC(=O)OC1CCC2(C)C(=CC(=O)C3C4CCC(=O)NC4(C)CCC32)C1. The first kappa shape index (κ1) is 17.7. The molecule has 3 aliphatic carbocycles. The van der Waals surface area contributed by atoms with Gasteiger partial charge in [0.05, 0.1) is 0 Å². The molecular weight excluding hydrogens is 330 g/mol. The number of carbonyl (C=O) groups excluding carboxylic acids is 3. The van der Waals surface area contributed by atoms with Gasteiger partial charge in [0.1, 0.15) is 6.10 Å². The van der Waals surface area contributed by atoms with Crippen molar-refractivity contribution in [3.63, 3.8) is 0 Å². The molecule has 2 saturated carbocycles. The molecule has 1 heterocycles. The van der Waals surface area contributed by atoms with Crippen molar-refractivity contribution in [3.05, 3.63) is 11.6 Å². The van der Waals surface area contributed by atoms with Gasteiger partial charge in [0.15, 0.2) is 5.78 Å². The zero-order valence-electron chi connectivity index (χ0n) is 16.0. The predicted octanol–water partition coefficient (Wildman–Crippen LogP) is 2.93. The summed E-state index contributed by atoms with van der Waals surface area (Å²) in [5.41, 5.74) is 0.936. The second-order valence-electron chi connectivity index (χ2n) is 9.25. The number of hydrogen-bond donors (Lipinski definition) is 1. The number of rotatable bonds is 1. The van der Waals surface area contributed by atoms with Crippen molar-refractivity contribution in [2.75, 3.05) is 0 Å². The summed E-state index contributed by atoms with van der Waals surface area (Å²) in [5.74, 6) is 0.667. The summed E-state index contributed by atoms with van der Waals surface area (Å²) in [6.45, 7) is 5.87. The third-order valence-electron chi connectivity index (χ3n) is 7.73. The van der Waals surface area contributed by atoms with Crippen LogP contribution in [0.2, 0.25) is 0 Å². The van der Waals surface area contributed by atoms with Gasteiger partial charge >= 0.3 is 5.97 Å². The summed E-state index contributed by atoms with van der Waals surface area (Å²) in [4.78, 5) is 36.4. The highest BCUT2D eigenvalue weighted by Gasteiger charge is 2.58. The fourth-order valence-electron chi connectivity index (χ4n) is 6.38. The lowest BCUT2D eigenvalue weighted by atomic mass is 9.48. The normalized spacial score (nSPS) is 44.8. The molecule has 1 aliphatic heterocycles. The lowest BCUT2D eigenvalue weighted by Crippen LogP contribution is -2.64. The Labute approximate surface area is 154 Å². The number of hydrogen-bond acceptors (Lipinski definition) is 4. The highest BCUT2D eigenvalue weighted by molar-refractivity contribution is 5.95. The Morgan fingerprint density at radius 1 is 1.15 bits per heavy atom. The van der Waals surface area contributed by atoms with Crippen LogP contribution in [0.5, 0.6) is 0 Å². The van der Waals surface area contributed by atoms with E-state index in [1.807, 2.05) is 6.08 Å². The van der Waals surface area contributed by atoms with Crippen LogP contribution in [0, 0.1) is 23.2 Å². The summed E-state index contributed by atoms with van der Waals surface area (Å²) >= 11 is 0. The molecule has 142 valence electrons. The van der Waals surface area contributed by atoms with Crippen LogP contribution in [0.15, 0.2) is 11.6 Å². The maximum atomic E-state index is 13.1. The zero-order chi connectivity index (χ0) is 18.7. The zero-order valence-corrected chi connectivity index (χ0v) is 16.0. The molecule has 1 N–H and O–H groups in total. The van der Waals surface area contributed by atoms with Gasteiger partial charge in [-0.15, -0.1) is 0 Å². The third kappa shape index (κ3) is 2.62. The number of allylic oxidation sites excluding steroid dienone is 1. The topological polar surface area (TPSA) is 72.5 Å². The molecule has 3 fully saturated rings. The van der Waals surface area contributed by atoms with E-state index in [9.17, 15) is 14.4 Å². The molecule has 0 aromatic heterocycles. The Bertz CT molecular complexity index is 698. The van der Waals surface area contributed by atoms with E-state index in [1.54, 1.807) is 0 Å². The highest BCUT2D eigenvalue weighted by Crippen LogP contribution is 2.59. The number of ketones is 1. The van der Waals surface area contributed by atoms with Gasteiger partial charge in [-0.25, -0.2) is 0 Å². The van der Waals surface area contributed by atoms with Crippen molar-refractivity contribution >= 4 is 17.7 Å². The smallest absolute Gasteiger partial charge is 0.302 e. The largest absolute Gasteiger partial charge is 0.462 e. The fraction of sp³-hybridized carbons (Fsp3) is 0.762. The van der Waals surface area contributed by atoms with E-state index in [0.717, 1.165) is 32.1 Å². The molecule has 0 bridgehead atoms. The monoisotopic (exact) mass is 359 g/mol. The van der Waals surface area contributed by atoms with E-state index < -0.39 is 0 Å². The van der Waals surface area contributed by atoms with Crippen LogP contribution in [-0.2, 0) is 19.1 Å². The first-order chi connectivity index (χ1) is 12.2. The summed E-state index contributed by atoms with van der Waals surface area (Å²) in [7, 11) is 0. The standard InChI is InChI=1S/C21H29NO4/c1-12(23)26-14-6-8-20(2)13(10-14)11-17(24)19-15(20)7-9-21(3)16(19)4-5-18(25)22-21/h11,14-16,19H,4-10H2,1-3H3,(H,22,25). The first-order valence-electron chi connectivity index (χ1n) is 9.96. The summed E-state index contributed by atoms with van der Waals surface area (Å²) in [5, 5.41) is 3.19. The maximum absolute atomic E-state index is 13.1. The molecule has 26 heavy (non-hydrogen) atoms. The van der Waals surface area contributed by atoms with E-state index in [2.05, 4.69) is 19.2 Å². The number of ether oxygens (including phenoxy) is 1. The van der Waals surface area contributed by atoms with Crippen LogP contribution in [0.4, 0.5) is 0 Å². The first-order valence-corrected chi connectivity index (χ1v) is 9.96. The van der Waals surface area contributed by atoms with E-state index in [4.69, 9.17) is 4.74 Å². The maximum Gasteiger partial charge on any atom is 0.302 e. The van der Waals surface area contributed by atoms with E-state index in [1.165, 1.54) is 12.5 Å². The van der Waals surface area contributed by atoms with Gasteiger partial charge in [0, 0.05) is 31.2 Å². The quantitative estimate of drug-likeness (QED) is 0.731. The average Bonchev–Trinajstić information content (AvgIpc) is 2.54. The lowest BCUT2D eigenvalue weighted by Gasteiger charge is -2.58. The number of piperidine rings is 1. The molecule has 6 atom stereocenters. The van der Waals surface area contributed by atoms with Gasteiger partial charge in [-0.2, -0.15) is 0 Å². The predicted molar refractivity (Wildman–Crippen MR) is 96.1 cm³/mol. The molecule has 5 nitrogen and oxygen atoms in total. The minimum atomic E-state index is -0.247. The summed E-state index contributed by atoms with van der Waals surface area (Å²) < 4.78 is 5.43. The van der Waals surface area contributed by atoms with Gasteiger partial charge in [0.2, 0.25) is 5.91 Å². The molecule has 0 radical (unpaired) electrons. The Morgan fingerprint density at radius 3 is 2.65 bits per heavy atom. The van der Waals surface area contributed by atoms with Crippen LogP contribution >= 0.6 is 0 Å². The molecule has 1 saturated heterocycles. The molecule has 0 spiro atoms. The van der Waals surface area contributed by atoms with Crippen molar-refractivity contribution in [2.24, 2.45) is 23.2 Å². The second kappa shape index (κ2) is 5.93. The molecule has 6 unspecified atom stereocenters. The Kier molecular flexibility index (Phi) is 4.05. The average molecular weight is 359 g/mol. The van der Waals surface area contributed by atoms with Gasteiger partial charge in [-0.3, -0.25) is 14.4 Å². The van der Waals surface area contributed by atoms with E-state index in [-0.39, 0.29) is 46.6 Å². The summed E-state index contributed by atoms with van der Waals surface area (Å²) in [6.07, 6.45) is 7.51. The third-order valence-corrected chi connectivity index (χ3v) is 7.73. The van der Waals surface area contributed by atoms with Crippen LogP contribution in [0.3, 0.4) is 0 Å². The fourth-order valence-corrected chi connectivity index (χ4v) is 6.38. The lowest BCUT2D eigenvalue weighted by molar-refractivity contribution is -0.150. The Morgan fingerprint density at radius 2 is 1.92 bits per heavy atom. The molecule has 5 heteroatoms. The van der Waals surface area contributed by atoms with Gasteiger partial charge in [-0.1, -0.05) is 12.5 Å². The number of esters is 1. The van der Waals surface area contributed by atoms with Crippen LogP contribution in [0.1, 0.15) is 65.7 Å². The molecule has 1 amide bonds. The van der Waals surface area contributed by atoms with Gasteiger partial charge < -0.3 is 10.1 Å². The number of carbonyl (C=O) groups is 3. The Hall–Kier alpha value is -1.65. The van der Waals surface area contributed by atoms with Gasteiger partial charge in [0.25, 0.3) is 0 Å². The highest BCUT2D eigenvalue weighted by atomic mass is 16.5. The number of nitrogens with one attached hydrogen (secondary N) is 1. The van der Waals surface area contributed by atoms with Crippen LogP contribution < -0.4 is 5.32 Å². The summed E-state index contributed by atoms with van der Waals surface area (Å²) in [6, 6.07) is 0. The number of amides is 1. The molecule has 0 aromatic rings. The van der Waals surface area contributed by atoms with Crippen molar-refractivity contribution in [1.82, 2.24) is 5.32 Å². The van der Waals surface area contributed by atoms with Crippen molar-refractivity contribution < 1.29 is 19.1 Å². The van der Waals surface area contributed by atoms with Crippen molar-refractivity contribution in [3.8, 4) is 0 Å². The minimum absolute atomic E-state index is 0.00776. The second-order valence-corrected chi connectivity index (χ2v) is 9.25. The molecule has 4 rings (SSSR count).